The lowest BCUT2D eigenvalue weighted by Gasteiger charge is -2.18. The zero-order valence-electron chi connectivity index (χ0n) is 12.3. The number of aryl methyl sites for hydroxylation is 1. The van der Waals surface area contributed by atoms with E-state index in [0.29, 0.717) is 0 Å². The number of imidazole rings is 1. The van der Waals surface area contributed by atoms with E-state index in [-0.39, 0.29) is 6.04 Å². The summed E-state index contributed by atoms with van der Waals surface area (Å²) in [5.41, 5.74) is 1.12. The predicted octanol–water partition coefficient (Wildman–Crippen LogP) is 2.37. The van der Waals surface area contributed by atoms with Crippen molar-refractivity contribution in [1.29, 1.82) is 0 Å². The van der Waals surface area contributed by atoms with Gasteiger partial charge in [0.05, 0.1) is 0 Å². The van der Waals surface area contributed by atoms with Gasteiger partial charge in [0.15, 0.2) is 0 Å². The van der Waals surface area contributed by atoms with Crippen molar-refractivity contribution in [3.05, 3.63) is 42.5 Å². The molecule has 0 amide bonds. The van der Waals surface area contributed by atoms with Gasteiger partial charge in [-0.15, -0.1) is 0 Å². The second kappa shape index (κ2) is 7.75. The Kier molecular flexibility index (Phi) is 5.68. The summed E-state index contributed by atoms with van der Waals surface area (Å²) in [6, 6.07) is 0.217. The van der Waals surface area contributed by atoms with Crippen LogP contribution in [-0.2, 0) is 13.0 Å². The largest absolute Gasteiger partial charge is 0.335 e. The molecule has 2 heterocycles. The van der Waals surface area contributed by atoms with E-state index in [1.54, 1.807) is 6.33 Å². The molecule has 0 bridgehead atoms. The van der Waals surface area contributed by atoms with Gasteiger partial charge < -0.3 is 9.88 Å². The first-order valence-electron chi connectivity index (χ1n) is 7.33. The van der Waals surface area contributed by atoms with E-state index >= 15 is 0 Å². The molecule has 0 aliphatic carbocycles. The zero-order chi connectivity index (χ0) is 14.2. The van der Waals surface area contributed by atoms with Gasteiger partial charge in [0, 0.05) is 49.4 Å². The minimum Gasteiger partial charge on any atom is -0.335 e. The Morgan fingerprint density at radius 1 is 1.20 bits per heavy atom. The quantitative estimate of drug-likeness (QED) is 0.802. The van der Waals surface area contributed by atoms with Crippen molar-refractivity contribution in [3.8, 4) is 0 Å². The SMILES string of the molecule is CCCNC(Cc1nccn1CCC)c1cncnc1. The van der Waals surface area contributed by atoms with Crippen LogP contribution in [0.3, 0.4) is 0 Å². The Labute approximate surface area is 120 Å². The van der Waals surface area contributed by atoms with Crippen molar-refractivity contribution in [3.63, 3.8) is 0 Å². The summed E-state index contributed by atoms with van der Waals surface area (Å²) in [4.78, 5) is 12.7. The fourth-order valence-electron chi connectivity index (χ4n) is 2.27. The number of rotatable bonds is 8. The number of hydrogen-bond donors (Lipinski definition) is 1. The second-order valence-corrected chi connectivity index (χ2v) is 4.92. The van der Waals surface area contributed by atoms with Gasteiger partial charge in [-0.3, -0.25) is 0 Å². The van der Waals surface area contributed by atoms with Crippen LogP contribution in [0, 0.1) is 0 Å². The van der Waals surface area contributed by atoms with Crippen LogP contribution in [0.5, 0.6) is 0 Å². The van der Waals surface area contributed by atoms with Crippen LogP contribution >= 0.6 is 0 Å². The van der Waals surface area contributed by atoms with Gasteiger partial charge in [-0.2, -0.15) is 0 Å². The number of aromatic nitrogens is 4. The molecular formula is C15H23N5. The molecule has 5 heteroatoms. The van der Waals surface area contributed by atoms with Gasteiger partial charge in [-0.1, -0.05) is 13.8 Å². The molecule has 108 valence electrons. The van der Waals surface area contributed by atoms with Crippen LogP contribution in [0.15, 0.2) is 31.1 Å². The third-order valence-corrected chi connectivity index (χ3v) is 3.28. The fourth-order valence-corrected chi connectivity index (χ4v) is 2.27. The molecule has 2 rings (SSSR count). The normalized spacial score (nSPS) is 12.5. The molecule has 0 fully saturated rings. The molecule has 1 atom stereocenters. The summed E-state index contributed by atoms with van der Waals surface area (Å²) < 4.78 is 2.23. The van der Waals surface area contributed by atoms with Crippen molar-refractivity contribution >= 4 is 0 Å². The van der Waals surface area contributed by atoms with Crippen LogP contribution < -0.4 is 5.32 Å². The molecule has 2 aromatic rings. The molecule has 0 saturated carbocycles. The fraction of sp³-hybridized carbons (Fsp3) is 0.533. The molecule has 0 aromatic carbocycles. The van der Waals surface area contributed by atoms with Crippen LogP contribution in [0.4, 0.5) is 0 Å². The van der Waals surface area contributed by atoms with E-state index in [1.807, 2.05) is 18.6 Å². The first-order valence-corrected chi connectivity index (χ1v) is 7.33. The van der Waals surface area contributed by atoms with E-state index in [4.69, 9.17) is 0 Å². The first-order chi connectivity index (χ1) is 9.85. The standard InChI is InChI=1S/C15H23N5/c1-3-5-18-14(13-10-16-12-17-11-13)9-15-19-6-8-20(15)7-4-2/h6,8,10-12,14,18H,3-5,7,9H2,1-2H3. The van der Waals surface area contributed by atoms with Crippen molar-refractivity contribution in [2.75, 3.05) is 6.54 Å². The highest BCUT2D eigenvalue weighted by molar-refractivity contribution is 5.12. The van der Waals surface area contributed by atoms with Gasteiger partial charge in [-0.25, -0.2) is 15.0 Å². The number of nitrogens with zero attached hydrogens (tertiary/aromatic N) is 4. The summed E-state index contributed by atoms with van der Waals surface area (Å²) in [6.07, 6.45) is 12.3. The highest BCUT2D eigenvalue weighted by atomic mass is 15.1. The van der Waals surface area contributed by atoms with Gasteiger partial charge in [-0.05, 0) is 19.4 Å². The van der Waals surface area contributed by atoms with E-state index in [9.17, 15) is 0 Å². The van der Waals surface area contributed by atoms with Crippen molar-refractivity contribution in [1.82, 2.24) is 24.8 Å². The Balaban J connectivity index is 2.13. The minimum absolute atomic E-state index is 0.217. The Hall–Kier alpha value is -1.75. The molecule has 1 unspecified atom stereocenters. The lowest BCUT2D eigenvalue weighted by atomic mass is 10.1. The molecule has 0 spiro atoms. The lowest BCUT2D eigenvalue weighted by Crippen LogP contribution is -2.25. The maximum absolute atomic E-state index is 4.49. The molecule has 0 aliphatic rings. The van der Waals surface area contributed by atoms with E-state index in [0.717, 1.165) is 43.7 Å². The summed E-state index contributed by atoms with van der Waals surface area (Å²) in [5, 5.41) is 3.56. The Morgan fingerprint density at radius 2 is 2.00 bits per heavy atom. The number of nitrogens with one attached hydrogen (secondary N) is 1. The van der Waals surface area contributed by atoms with E-state index < -0.39 is 0 Å². The topological polar surface area (TPSA) is 55.6 Å². The van der Waals surface area contributed by atoms with Gasteiger partial charge in [0.2, 0.25) is 0 Å². The minimum atomic E-state index is 0.217. The molecule has 2 aromatic heterocycles. The lowest BCUT2D eigenvalue weighted by molar-refractivity contribution is 0.499. The molecule has 0 radical (unpaired) electrons. The highest BCUT2D eigenvalue weighted by Gasteiger charge is 2.15. The van der Waals surface area contributed by atoms with Gasteiger partial charge in [0.1, 0.15) is 12.2 Å². The van der Waals surface area contributed by atoms with Crippen molar-refractivity contribution < 1.29 is 0 Å². The van der Waals surface area contributed by atoms with Crippen LogP contribution in [0.2, 0.25) is 0 Å². The van der Waals surface area contributed by atoms with Crippen molar-refractivity contribution in [2.24, 2.45) is 0 Å². The van der Waals surface area contributed by atoms with E-state index in [1.165, 1.54) is 0 Å². The average molecular weight is 273 g/mol. The molecule has 1 N–H and O–H groups in total. The summed E-state index contributed by atoms with van der Waals surface area (Å²) in [7, 11) is 0. The monoisotopic (exact) mass is 273 g/mol. The smallest absolute Gasteiger partial charge is 0.115 e. The van der Waals surface area contributed by atoms with Crippen molar-refractivity contribution in [2.45, 2.75) is 45.7 Å². The third-order valence-electron chi connectivity index (χ3n) is 3.28. The third kappa shape index (κ3) is 3.87. The molecule has 5 nitrogen and oxygen atoms in total. The Morgan fingerprint density at radius 3 is 2.70 bits per heavy atom. The predicted molar refractivity (Wildman–Crippen MR) is 79.3 cm³/mol. The maximum atomic E-state index is 4.49. The maximum Gasteiger partial charge on any atom is 0.115 e. The zero-order valence-corrected chi connectivity index (χ0v) is 12.3. The van der Waals surface area contributed by atoms with Gasteiger partial charge in [0.25, 0.3) is 0 Å². The first kappa shape index (κ1) is 14.7. The van der Waals surface area contributed by atoms with Crippen LogP contribution in [0.1, 0.15) is 44.1 Å². The Bertz CT molecular complexity index is 494. The average Bonchev–Trinajstić information content (AvgIpc) is 2.92. The second-order valence-electron chi connectivity index (χ2n) is 4.92. The number of hydrogen-bond acceptors (Lipinski definition) is 4. The molecule has 0 aliphatic heterocycles. The molecule has 20 heavy (non-hydrogen) atoms. The summed E-state index contributed by atoms with van der Waals surface area (Å²) in [5.74, 6) is 1.12. The van der Waals surface area contributed by atoms with Gasteiger partial charge >= 0.3 is 0 Å². The summed E-state index contributed by atoms with van der Waals surface area (Å²) >= 11 is 0. The molecule has 0 saturated heterocycles. The van der Waals surface area contributed by atoms with E-state index in [2.05, 4.69) is 44.9 Å². The van der Waals surface area contributed by atoms with Crippen LogP contribution in [-0.4, -0.2) is 26.1 Å². The van der Waals surface area contributed by atoms with Crippen LogP contribution in [0.25, 0.3) is 0 Å². The summed E-state index contributed by atoms with van der Waals surface area (Å²) in [6.45, 7) is 6.35. The molecular weight excluding hydrogens is 250 g/mol. The highest BCUT2D eigenvalue weighted by Crippen LogP contribution is 2.16.